The Bertz CT molecular complexity index is 451. The molecule has 3 atom stereocenters. The molecule has 0 heterocycles. The smallest absolute Gasteiger partial charge is 0.129 e. The SMILES string of the molecule is CCNC(Cc1ccc(F)cc1F)C1CC(C)CC(C)C1. The van der Waals surface area contributed by atoms with E-state index in [0.717, 1.165) is 24.4 Å². The van der Waals surface area contributed by atoms with Crippen LogP contribution in [0.4, 0.5) is 8.78 Å². The molecular weight excluding hydrogens is 268 g/mol. The van der Waals surface area contributed by atoms with E-state index in [2.05, 4.69) is 26.1 Å². The summed E-state index contributed by atoms with van der Waals surface area (Å²) >= 11 is 0. The van der Waals surface area contributed by atoms with E-state index in [-0.39, 0.29) is 6.04 Å². The molecular formula is C18H27F2N. The minimum atomic E-state index is -0.504. The number of hydrogen-bond donors (Lipinski definition) is 1. The summed E-state index contributed by atoms with van der Waals surface area (Å²) in [6.45, 7) is 7.59. The van der Waals surface area contributed by atoms with Gasteiger partial charge in [0, 0.05) is 12.1 Å². The lowest BCUT2D eigenvalue weighted by Gasteiger charge is -2.37. The topological polar surface area (TPSA) is 12.0 Å². The van der Waals surface area contributed by atoms with E-state index in [4.69, 9.17) is 0 Å². The molecule has 0 saturated heterocycles. The highest BCUT2D eigenvalue weighted by molar-refractivity contribution is 5.20. The second-order valence-electron chi connectivity index (χ2n) is 6.78. The molecule has 0 radical (unpaired) electrons. The van der Waals surface area contributed by atoms with Crippen LogP contribution in [0.3, 0.4) is 0 Å². The number of hydrogen-bond acceptors (Lipinski definition) is 1. The molecule has 118 valence electrons. The normalized spacial score (nSPS) is 27.6. The summed E-state index contributed by atoms with van der Waals surface area (Å²) in [6, 6.07) is 4.21. The number of nitrogens with one attached hydrogen (secondary N) is 1. The maximum Gasteiger partial charge on any atom is 0.129 e. The third-order valence-corrected chi connectivity index (χ3v) is 4.71. The molecule has 3 heteroatoms. The summed E-state index contributed by atoms with van der Waals surface area (Å²) in [5.41, 5.74) is 0.619. The Balaban J connectivity index is 2.11. The van der Waals surface area contributed by atoms with E-state index < -0.39 is 11.6 Å². The number of benzene rings is 1. The van der Waals surface area contributed by atoms with Crippen molar-refractivity contribution in [2.24, 2.45) is 17.8 Å². The van der Waals surface area contributed by atoms with E-state index in [1.165, 1.54) is 25.3 Å². The molecule has 1 saturated carbocycles. The second-order valence-corrected chi connectivity index (χ2v) is 6.78. The van der Waals surface area contributed by atoms with Crippen molar-refractivity contribution in [3.05, 3.63) is 35.4 Å². The molecule has 1 fully saturated rings. The molecule has 0 aromatic heterocycles. The lowest BCUT2D eigenvalue weighted by molar-refractivity contribution is 0.175. The third-order valence-electron chi connectivity index (χ3n) is 4.71. The Kier molecular flexibility index (Phi) is 5.74. The zero-order valence-corrected chi connectivity index (χ0v) is 13.3. The summed E-state index contributed by atoms with van der Waals surface area (Å²) in [5, 5.41) is 3.52. The predicted molar refractivity (Wildman–Crippen MR) is 83.2 cm³/mol. The van der Waals surface area contributed by atoms with Gasteiger partial charge in [-0.2, -0.15) is 0 Å². The van der Waals surface area contributed by atoms with E-state index >= 15 is 0 Å². The summed E-state index contributed by atoms with van der Waals surface area (Å²) in [4.78, 5) is 0. The average Bonchev–Trinajstić information content (AvgIpc) is 2.40. The summed E-state index contributed by atoms with van der Waals surface area (Å²) < 4.78 is 26.9. The number of rotatable bonds is 5. The Hall–Kier alpha value is -0.960. The fourth-order valence-electron chi connectivity index (χ4n) is 3.93. The number of likely N-dealkylation sites (N-methyl/N-ethyl adjacent to an activating group) is 1. The summed E-state index contributed by atoms with van der Waals surface area (Å²) in [6.07, 6.45) is 4.33. The molecule has 1 N–H and O–H groups in total. The molecule has 1 aliphatic carbocycles. The molecule has 1 aromatic rings. The second kappa shape index (κ2) is 7.35. The molecule has 21 heavy (non-hydrogen) atoms. The van der Waals surface area contributed by atoms with E-state index in [1.807, 2.05) is 0 Å². The predicted octanol–water partition coefficient (Wildman–Crippen LogP) is 4.56. The fourth-order valence-corrected chi connectivity index (χ4v) is 3.93. The highest BCUT2D eigenvalue weighted by atomic mass is 19.1. The van der Waals surface area contributed by atoms with Gasteiger partial charge in [0.1, 0.15) is 11.6 Å². The van der Waals surface area contributed by atoms with Crippen molar-refractivity contribution in [1.82, 2.24) is 5.32 Å². The molecule has 0 amide bonds. The van der Waals surface area contributed by atoms with Crippen LogP contribution in [0.15, 0.2) is 18.2 Å². The Morgan fingerprint density at radius 3 is 2.38 bits per heavy atom. The lowest BCUT2D eigenvalue weighted by atomic mass is 9.72. The first-order chi connectivity index (χ1) is 9.99. The highest BCUT2D eigenvalue weighted by Crippen LogP contribution is 2.35. The van der Waals surface area contributed by atoms with Gasteiger partial charge in [0.2, 0.25) is 0 Å². The van der Waals surface area contributed by atoms with Gasteiger partial charge in [-0.25, -0.2) is 8.78 Å². The van der Waals surface area contributed by atoms with Crippen LogP contribution in [-0.4, -0.2) is 12.6 Å². The van der Waals surface area contributed by atoms with Gasteiger partial charge < -0.3 is 5.32 Å². The Morgan fingerprint density at radius 2 is 1.81 bits per heavy atom. The van der Waals surface area contributed by atoms with Crippen molar-refractivity contribution >= 4 is 0 Å². The van der Waals surface area contributed by atoms with E-state index in [1.54, 1.807) is 6.07 Å². The van der Waals surface area contributed by atoms with Crippen LogP contribution in [0.25, 0.3) is 0 Å². The average molecular weight is 295 g/mol. The molecule has 1 aliphatic rings. The van der Waals surface area contributed by atoms with Crippen LogP contribution in [-0.2, 0) is 6.42 Å². The quantitative estimate of drug-likeness (QED) is 0.840. The largest absolute Gasteiger partial charge is 0.314 e. The van der Waals surface area contributed by atoms with Crippen LogP contribution >= 0.6 is 0 Å². The molecule has 1 nitrogen and oxygen atoms in total. The van der Waals surface area contributed by atoms with Crippen molar-refractivity contribution < 1.29 is 8.78 Å². The van der Waals surface area contributed by atoms with Crippen LogP contribution in [0, 0.1) is 29.4 Å². The molecule has 2 rings (SSSR count). The molecule has 0 spiro atoms. The zero-order chi connectivity index (χ0) is 15.4. The van der Waals surface area contributed by atoms with Gasteiger partial charge in [-0.1, -0.05) is 26.8 Å². The standard InChI is InChI=1S/C18H27F2N/c1-4-21-18(15-8-12(2)7-13(3)9-15)10-14-5-6-16(19)11-17(14)20/h5-6,11-13,15,18,21H,4,7-10H2,1-3H3. The van der Waals surface area contributed by atoms with E-state index in [0.29, 0.717) is 17.9 Å². The van der Waals surface area contributed by atoms with Gasteiger partial charge in [-0.3, -0.25) is 0 Å². The van der Waals surface area contributed by atoms with Crippen LogP contribution in [0.5, 0.6) is 0 Å². The molecule has 0 aliphatic heterocycles. The maximum absolute atomic E-state index is 13.9. The first kappa shape index (κ1) is 16.4. The Morgan fingerprint density at radius 1 is 1.14 bits per heavy atom. The minimum absolute atomic E-state index is 0.278. The van der Waals surface area contributed by atoms with Crippen molar-refractivity contribution in [3.63, 3.8) is 0 Å². The summed E-state index contributed by atoms with van der Waals surface area (Å²) in [5.74, 6) is 1.12. The monoisotopic (exact) mass is 295 g/mol. The summed E-state index contributed by atoms with van der Waals surface area (Å²) in [7, 11) is 0. The van der Waals surface area contributed by atoms with Gasteiger partial charge in [-0.15, -0.1) is 0 Å². The maximum atomic E-state index is 13.9. The van der Waals surface area contributed by atoms with Crippen molar-refractivity contribution in [3.8, 4) is 0 Å². The van der Waals surface area contributed by atoms with Gasteiger partial charge in [0.25, 0.3) is 0 Å². The minimum Gasteiger partial charge on any atom is -0.314 e. The third kappa shape index (κ3) is 4.50. The first-order valence-corrected chi connectivity index (χ1v) is 8.16. The molecule has 0 bridgehead atoms. The highest BCUT2D eigenvalue weighted by Gasteiger charge is 2.30. The van der Waals surface area contributed by atoms with Crippen molar-refractivity contribution in [2.45, 2.75) is 52.5 Å². The molecule has 1 aromatic carbocycles. The van der Waals surface area contributed by atoms with Gasteiger partial charge >= 0.3 is 0 Å². The fraction of sp³-hybridized carbons (Fsp3) is 0.667. The van der Waals surface area contributed by atoms with Gasteiger partial charge in [-0.05, 0) is 61.6 Å². The van der Waals surface area contributed by atoms with Crippen molar-refractivity contribution in [2.75, 3.05) is 6.54 Å². The van der Waals surface area contributed by atoms with Gasteiger partial charge in [0.15, 0.2) is 0 Å². The van der Waals surface area contributed by atoms with Crippen LogP contribution < -0.4 is 5.32 Å². The lowest BCUT2D eigenvalue weighted by Crippen LogP contribution is -2.41. The Labute approximate surface area is 127 Å². The number of halogens is 2. The van der Waals surface area contributed by atoms with E-state index in [9.17, 15) is 8.78 Å². The zero-order valence-electron chi connectivity index (χ0n) is 13.3. The van der Waals surface area contributed by atoms with Crippen LogP contribution in [0.2, 0.25) is 0 Å². The molecule has 3 unspecified atom stereocenters. The first-order valence-electron chi connectivity index (χ1n) is 8.16. The van der Waals surface area contributed by atoms with Crippen molar-refractivity contribution in [1.29, 1.82) is 0 Å². The van der Waals surface area contributed by atoms with Gasteiger partial charge in [0.05, 0.1) is 0 Å². The van der Waals surface area contributed by atoms with Crippen LogP contribution in [0.1, 0.15) is 45.6 Å².